The molecule has 2 N–H and O–H groups in total. The van der Waals surface area contributed by atoms with Gasteiger partial charge in [-0.1, -0.05) is 29.3 Å². The molecular formula is C16H21Cl2NO4. The quantitative estimate of drug-likeness (QED) is 0.816. The molecule has 1 aliphatic heterocycles. The van der Waals surface area contributed by atoms with Crippen LogP contribution in [0, 0.1) is 0 Å². The molecule has 1 fully saturated rings. The number of hydrogen-bond acceptors (Lipinski definition) is 4. The summed E-state index contributed by atoms with van der Waals surface area (Å²) in [6.07, 6.45) is 0.991. The van der Waals surface area contributed by atoms with Crippen molar-refractivity contribution in [3.05, 3.63) is 33.8 Å². The molecule has 1 saturated heterocycles. The Morgan fingerprint density at radius 3 is 2.87 bits per heavy atom. The van der Waals surface area contributed by atoms with Gasteiger partial charge in [0.05, 0.1) is 28.7 Å². The van der Waals surface area contributed by atoms with Gasteiger partial charge in [0, 0.05) is 20.1 Å². The Balaban J connectivity index is 1.73. The molecule has 5 nitrogen and oxygen atoms in total. The van der Waals surface area contributed by atoms with E-state index in [1.54, 1.807) is 25.3 Å². The van der Waals surface area contributed by atoms with E-state index in [9.17, 15) is 9.90 Å². The van der Waals surface area contributed by atoms with E-state index in [-0.39, 0.29) is 24.7 Å². The Bertz CT molecular complexity index is 541. The molecule has 1 heterocycles. The van der Waals surface area contributed by atoms with Crippen molar-refractivity contribution in [3.8, 4) is 0 Å². The van der Waals surface area contributed by atoms with Crippen molar-refractivity contribution >= 4 is 29.1 Å². The SMILES string of the molecule is COC1C[C@@H](O)C[C@@H](CCNC(=O)Cc2ccc(Cl)c(Cl)c2)O1. The smallest absolute Gasteiger partial charge is 0.224 e. The maximum Gasteiger partial charge on any atom is 0.224 e. The molecule has 1 aliphatic rings. The summed E-state index contributed by atoms with van der Waals surface area (Å²) in [6.45, 7) is 0.480. The maximum atomic E-state index is 11.9. The zero-order valence-corrected chi connectivity index (χ0v) is 14.4. The third-order valence-electron chi connectivity index (χ3n) is 3.74. The number of carbonyl (C=O) groups excluding carboxylic acids is 1. The standard InChI is InChI=1S/C16H21Cl2NO4/c1-22-16-9-11(20)8-12(23-16)4-5-19-15(21)7-10-2-3-13(17)14(18)6-10/h2-3,6,11-12,16,20H,4-5,7-9H2,1H3,(H,19,21)/t11-,12+,16?/m0/s1. The summed E-state index contributed by atoms with van der Waals surface area (Å²) in [5.74, 6) is -0.0944. The van der Waals surface area contributed by atoms with Crippen LogP contribution in [0.5, 0.6) is 0 Å². The van der Waals surface area contributed by atoms with Crippen molar-refractivity contribution in [1.29, 1.82) is 0 Å². The van der Waals surface area contributed by atoms with Crippen LogP contribution in [-0.4, -0.2) is 43.2 Å². The molecule has 0 spiro atoms. The van der Waals surface area contributed by atoms with Crippen LogP contribution in [0.4, 0.5) is 0 Å². The van der Waals surface area contributed by atoms with Crippen molar-refractivity contribution in [3.63, 3.8) is 0 Å². The third kappa shape index (κ3) is 5.94. The van der Waals surface area contributed by atoms with E-state index >= 15 is 0 Å². The fourth-order valence-electron chi connectivity index (χ4n) is 2.56. The Morgan fingerprint density at radius 2 is 2.17 bits per heavy atom. The number of aliphatic hydroxyl groups excluding tert-OH is 1. The van der Waals surface area contributed by atoms with Crippen LogP contribution < -0.4 is 5.32 Å². The topological polar surface area (TPSA) is 67.8 Å². The van der Waals surface area contributed by atoms with Gasteiger partial charge in [-0.05, 0) is 30.5 Å². The lowest BCUT2D eigenvalue weighted by Gasteiger charge is -2.32. The van der Waals surface area contributed by atoms with Gasteiger partial charge in [-0.2, -0.15) is 0 Å². The summed E-state index contributed by atoms with van der Waals surface area (Å²) in [7, 11) is 1.55. The highest BCUT2D eigenvalue weighted by atomic mass is 35.5. The minimum atomic E-state index is -0.425. The van der Waals surface area contributed by atoms with Gasteiger partial charge in [-0.3, -0.25) is 4.79 Å². The number of amides is 1. The van der Waals surface area contributed by atoms with Gasteiger partial charge in [0.2, 0.25) is 5.91 Å². The van der Waals surface area contributed by atoms with Gasteiger partial charge >= 0.3 is 0 Å². The van der Waals surface area contributed by atoms with Gasteiger partial charge < -0.3 is 19.9 Å². The molecule has 0 radical (unpaired) electrons. The molecule has 1 unspecified atom stereocenters. The first-order valence-electron chi connectivity index (χ1n) is 7.55. The Morgan fingerprint density at radius 1 is 1.39 bits per heavy atom. The van der Waals surface area contributed by atoms with E-state index in [2.05, 4.69) is 5.32 Å². The molecular weight excluding hydrogens is 341 g/mol. The van der Waals surface area contributed by atoms with Crippen molar-refractivity contribution in [2.24, 2.45) is 0 Å². The fourth-order valence-corrected chi connectivity index (χ4v) is 2.88. The number of methoxy groups -OCH3 is 1. The van der Waals surface area contributed by atoms with Crippen LogP contribution in [0.3, 0.4) is 0 Å². The van der Waals surface area contributed by atoms with E-state index in [0.717, 1.165) is 5.56 Å². The minimum absolute atomic E-state index is 0.0944. The summed E-state index contributed by atoms with van der Waals surface area (Å²) in [5.41, 5.74) is 0.806. The lowest BCUT2D eigenvalue weighted by Crippen LogP contribution is -2.38. The number of nitrogens with one attached hydrogen (secondary N) is 1. The summed E-state index contributed by atoms with van der Waals surface area (Å²) in [4.78, 5) is 11.9. The Kier molecular flexibility index (Phi) is 7.11. The second-order valence-electron chi connectivity index (χ2n) is 5.61. The number of halogens is 2. The summed E-state index contributed by atoms with van der Waals surface area (Å²) >= 11 is 11.8. The maximum absolute atomic E-state index is 11.9. The molecule has 23 heavy (non-hydrogen) atoms. The number of rotatable bonds is 6. The molecule has 0 aliphatic carbocycles. The van der Waals surface area contributed by atoms with E-state index < -0.39 is 6.10 Å². The van der Waals surface area contributed by atoms with Gasteiger partial charge in [0.15, 0.2) is 6.29 Å². The van der Waals surface area contributed by atoms with E-state index in [0.29, 0.717) is 35.9 Å². The largest absolute Gasteiger partial charge is 0.393 e. The highest BCUT2D eigenvalue weighted by Crippen LogP contribution is 2.23. The molecule has 1 aromatic carbocycles. The van der Waals surface area contributed by atoms with Crippen molar-refractivity contribution < 1.29 is 19.4 Å². The lowest BCUT2D eigenvalue weighted by molar-refractivity contribution is -0.204. The molecule has 2 rings (SSSR count). The van der Waals surface area contributed by atoms with E-state index in [1.807, 2.05) is 0 Å². The average molecular weight is 362 g/mol. The van der Waals surface area contributed by atoms with Crippen LogP contribution in [0.1, 0.15) is 24.8 Å². The molecule has 0 saturated carbocycles. The second-order valence-corrected chi connectivity index (χ2v) is 6.43. The number of carbonyl (C=O) groups is 1. The molecule has 7 heteroatoms. The molecule has 1 amide bonds. The summed E-state index contributed by atoms with van der Waals surface area (Å²) in [6, 6.07) is 5.14. The van der Waals surface area contributed by atoms with Gasteiger partial charge in [0.25, 0.3) is 0 Å². The first-order chi connectivity index (χ1) is 11.0. The molecule has 0 bridgehead atoms. The Labute approximate surface area is 145 Å². The van der Waals surface area contributed by atoms with Crippen molar-refractivity contribution in [2.45, 2.75) is 44.2 Å². The number of hydrogen-bond donors (Lipinski definition) is 2. The van der Waals surface area contributed by atoms with E-state index in [1.165, 1.54) is 0 Å². The van der Waals surface area contributed by atoms with Gasteiger partial charge in [-0.15, -0.1) is 0 Å². The highest BCUT2D eigenvalue weighted by molar-refractivity contribution is 6.42. The fraction of sp³-hybridized carbons (Fsp3) is 0.562. The van der Waals surface area contributed by atoms with Crippen LogP contribution in [0.25, 0.3) is 0 Å². The van der Waals surface area contributed by atoms with Gasteiger partial charge in [0.1, 0.15) is 0 Å². The number of ether oxygens (including phenoxy) is 2. The number of aliphatic hydroxyl groups is 1. The summed E-state index contributed by atoms with van der Waals surface area (Å²) < 4.78 is 10.8. The predicted octanol–water partition coefficient (Wildman–Crippen LogP) is 2.55. The van der Waals surface area contributed by atoms with Crippen LogP contribution >= 0.6 is 23.2 Å². The first kappa shape index (κ1) is 18.5. The van der Waals surface area contributed by atoms with Crippen molar-refractivity contribution in [2.75, 3.05) is 13.7 Å². The predicted molar refractivity (Wildman–Crippen MR) is 88.7 cm³/mol. The molecule has 1 aromatic rings. The first-order valence-corrected chi connectivity index (χ1v) is 8.30. The van der Waals surface area contributed by atoms with Crippen molar-refractivity contribution in [1.82, 2.24) is 5.32 Å². The van der Waals surface area contributed by atoms with Gasteiger partial charge in [-0.25, -0.2) is 0 Å². The third-order valence-corrected chi connectivity index (χ3v) is 4.48. The minimum Gasteiger partial charge on any atom is -0.393 e. The highest BCUT2D eigenvalue weighted by Gasteiger charge is 2.27. The number of benzene rings is 1. The van der Waals surface area contributed by atoms with Crippen LogP contribution in [0.2, 0.25) is 10.0 Å². The monoisotopic (exact) mass is 361 g/mol. The van der Waals surface area contributed by atoms with Crippen LogP contribution in [-0.2, 0) is 20.7 Å². The summed E-state index contributed by atoms with van der Waals surface area (Å²) in [5, 5.41) is 13.5. The molecule has 128 valence electrons. The Hall–Kier alpha value is -0.850. The molecule has 0 aromatic heterocycles. The van der Waals surface area contributed by atoms with Crippen LogP contribution in [0.15, 0.2) is 18.2 Å². The lowest BCUT2D eigenvalue weighted by atomic mass is 10.0. The molecule has 3 atom stereocenters. The zero-order valence-electron chi connectivity index (χ0n) is 12.9. The average Bonchev–Trinajstić information content (AvgIpc) is 2.50. The zero-order chi connectivity index (χ0) is 16.8. The second kappa shape index (κ2) is 8.85. The normalized spacial score (nSPS) is 24.4. The van der Waals surface area contributed by atoms with E-state index in [4.69, 9.17) is 32.7 Å².